The van der Waals surface area contributed by atoms with Gasteiger partial charge in [0.1, 0.15) is 17.3 Å². The molecule has 0 amide bonds. The van der Waals surface area contributed by atoms with Crippen LogP contribution < -0.4 is 4.74 Å². The van der Waals surface area contributed by atoms with E-state index in [4.69, 9.17) is 16.3 Å². The molecule has 0 aromatic carbocycles. The highest BCUT2D eigenvalue weighted by atomic mass is 35.5. The van der Waals surface area contributed by atoms with Gasteiger partial charge in [0.15, 0.2) is 5.75 Å². The van der Waals surface area contributed by atoms with E-state index in [1.165, 1.54) is 12.4 Å². The summed E-state index contributed by atoms with van der Waals surface area (Å²) in [5.74, 6) is 1.73. The van der Waals surface area contributed by atoms with Crippen LogP contribution in [0, 0.1) is 0 Å². The molecule has 0 unspecified atom stereocenters. The Kier molecular flexibility index (Phi) is 4.29. The van der Waals surface area contributed by atoms with E-state index in [-0.39, 0.29) is 12.5 Å². The smallest absolute Gasteiger partial charge is 0.169 e. The first kappa shape index (κ1) is 13.7. The van der Waals surface area contributed by atoms with E-state index < -0.39 is 0 Å². The van der Waals surface area contributed by atoms with Crippen LogP contribution >= 0.6 is 11.6 Å². The first-order valence-electron chi connectivity index (χ1n) is 5.85. The van der Waals surface area contributed by atoms with Gasteiger partial charge in [-0.25, -0.2) is 9.97 Å². The maximum Gasteiger partial charge on any atom is 0.169 e. The summed E-state index contributed by atoms with van der Waals surface area (Å²) in [6.07, 6.45) is 4.60. The van der Waals surface area contributed by atoms with Crippen LogP contribution in [0.5, 0.6) is 11.5 Å². The second-order valence-corrected chi connectivity index (χ2v) is 4.73. The minimum Gasteiger partial charge on any atom is -0.452 e. The Labute approximate surface area is 116 Å². The molecule has 100 valence electrons. The lowest BCUT2D eigenvalue weighted by molar-refractivity contribution is 0.269. The van der Waals surface area contributed by atoms with Crippen molar-refractivity contribution in [1.29, 1.82) is 0 Å². The third-order valence-electron chi connectivity index (χ3n) is 2.42. The van der Waals surface area contributed by atoms with Crippen LogP contribution in [-0.2, 0) is 6.61 Å². The fourth-order valence-corrected chi connectivity index (χ4v) is 1.64. The van der Waals surface area contributed by atoms with Crippen molar-refractivity contribution in [3.05, 3.63) is 41.2 Å². The highest BCUT2D eigenvalue weighted by molar-refractivity contribution is 6.30. The van der Waals surface area contributed by atoms with Crippen molar-refractivity contribution in [2.75, 3.05) is 0 Å². The number of rotatable bonds is 4. The van der Waals surface area contributed by atoms with Gasteiger partial charge in [-0.05, 0) is 0 Å². The highest BCUT2D eigenvalue weighted by Gasteiger charge is 2.11. The van der Waals surface area contributed by atoms with Crippen molar-refractivity contribution in [1.82, 2.24) is 15.0 Å². The van der Waals surface area contributed by atoms with Gasteiger partial charge in [0.05, 0.1) is 24.0 Å². The molecule has 0 bridgehead atoms. The monoisotopic (exact) mass is 279 g/mol. The summed E-state index contributed by atoms with van der Waals surface area (Å²) >= 11 is 5.83. The molecule has 1 N–H and O–H groups in total. The molecule has 0 atom stereocenters. The van der Waals surface area contributed by atoms with Crippen LogP contribution in [0.1, 0.15) is 31.3 Å². The largest absolute Gasteiger partial charge is 0.452 e. The van der Waals surface area contributed by atoms with Gasteiger partial charge in [0.2, 0.25) is 0 Å². The molecule has 6 heteroatoms. The van der Waals surface area contributed by atoms with Crippen molar-refractivity contribution >= 4 is 11.6 Å². The number of halogens is 1. The Morgan fingerprint density at radius 2 is 2.11 bits per heavy atom. The molecule has 0 aliphatic carbocycles. The minimum absolute atomic E-state index is 0.187. The number of ether oxygens (including phenoxy) is 1. The van der Waals surface area contributed by atoms with Crippen LogP contribution in [-0.4, -0.2) is 20.1 Å². The van der Waals surface area contributed by atoms with Gasteiger partial charge in [-0.1, -0.05) is 25.4 Å². The van der Waals surface area contributed by atoms with E-state index in [1.54, 1.807) is 12.3 Å². The van der Waals surface area contributed by atoms with Crippen molar-refractivity contribution in [2.45, 2.75) is 26.4 Å². The fraction of sp³-hybridized carbons (Fsp3) is 0.308. The van der Waals surface area contributed by atoms with E-state index in [2.05, 4.69) is 15.0 Å². The van der Waals surface area contributed by atoms with Gasteiger partial charge in [-0.3, -0.25) is 4.98 Å². The minimum atomic E-state index is -0.217. The summed E-state index contributed by atoms with van der Waals surface area (Å²) in [4.78, 5) is 12.4. The summed E-state index contributed by atoms with van der Waals surface area (Å²) in [5, 5.41) is 9.82. The third kappa shape index (κ3) is 3.39. The number of aliphatic hydroxyl groups excluding tert-OH is 1. The normalized spacial score (nSPS) is 10.8. The van der Waals surface area contributed by atoms with Gasteiger partial charge in [-0.15, -0.1) is 0 Å². The average molecular weight is 280 g/mol. The molecule has 2 aromatic rings. The molecule has 2 aromatic heterocycles. The predicted molar refractivity (Wildman–Crippen MR) is 71.4 cm³/mol. The molecule has 0 aliphatic heterocycles. The SMILES string of the molecule is CC(C)c1ncc(Oc2cncc(Cl)c2)c(CO)n1. The van der Waals surface area contributed by atoms with Crippen molar-refractivity contribution in [3.8, 4) is 11.5 Å². The number of hydrogen-bond donors (Lipinski definition) is 1. The molecular weight excluding hydrogens is 266 g/mol. The fourth-order valence-electron chi connectivity index (χ4n) is 1.47. The Balaban J connectivity index is 2.29. The van der Waals surface area contributed by atoms with Crippen LogP contribution in [0.3, 0.4) is 0 Å². The Morgan fingerprint density at radius 3 is 2.74 bits per heavy atom. The van der Waals surface area contributed by atoms with Crippen molar-refractivity contribution in [2.24, 2.45) is 0 Å². The third-order valence-corrected chi connectivity index (χ3v) is 2.63. The van der Waals surface area contributed by atoms with E-state index in [1.807, 2.05) is 13.8 Å². The zero-order chi connectivity index (χ0) is 13.8. The average Bonchev–Trinajstić information content (AvgIpc) is 2.39. The second-order valence-electron chi connectivity index (χ2n) is 4.29. The van der Waals surface area contributed by atoms with Crippen LogP contribution in [0.2, 0.25) is 5.02 Å². The lowest BCUT2D eigenvalue weighted by atomic mass is 10.2. The standard InChI is InChI=1S/C13H14ClN3O2/c1-8(2)13-16-6-12(11(7-18)17-13)19-10-3-9(14)4-15-5-10/h3-6,8,18H,7H2,1-2H3. The topological polar surface area (TPSA) is 68.1 Å². The quantitative estimate of drug-likeness (QED) is 0.932. The predicted octanol–water partition coefficient (Wildman–Crippen LogP) is 2.93. The Morgan fingerprint density at radius 1 is 1.32 bits per heavy atom. The first-order chi connectivity index (χ1) is 9.10. The zero-order valence-corrected chi connectivity index (χ0v) is 11.4. The summed E-state index contributed by atoms with van der Waals surface area (Å²) in [6, 6.07) is 1.63. The van der Waals surface area contributed by atoms with E-state index in [0.717, 1.165) is 0 Å². The van der Waals surface area contributed by atoms with Crippen molar-refractivity contribution in [3.63, 3.8) is 0 Å². The molecule has 0 saturated heterocycles. The maximum absolute atomic E-state index is 9.35. The van der Waals surface area contributed by atoms with E-state index in [9.17, 15) is 5.11 Å². The van der Waals surface area contributed by atoms with Gasteiger partial charge in [0.25, 0.3) is 0 Å². The highest BCUT2D eigenvalue weighted by Crippen LogP contribution is 2.25. The van der Waals surface area contributed by atoms with Gasteiger partial charge < -0.3 is 9.84 Å². The number of aromatic nitrogens is 3. The summed E-state index contributed by atoms with van der Waals surface area (Å²) in [5.41, 5.74) is 0.443. The van der Waals surface area contributed by atoms with Gasteiger partial charge >= 0.3 is 0 Å². The van der Waals surface area contributed by atoms with Crippen molar-refractivity contribution < 1.29 is 9.84 Å². The lowest BCUT2D eigenvalue weighted by Crippen LogP contribution is -2.03. The van der Waals surface area contributed by atoms with Crippen LogP contribution in [0.15, 0.2) is 24.7 Å². The molecule has 0 saturated carbocycles. The molecular formula is C13H14ClN3O2. The molecule has 0 radical (unpaired) electrons. The van der Waals surface area contributed by atoms with Gasteiger partial charge in [-0.2, -0.15) is 0 Å². The Hall–Kier alpha value is -1.72. The number of pyridine rings is 1. The maximum atomic E-state index is 9.35. The molecule has 0 aliphatic rings. The summed E-state index contributed by atoms with van der Waals surface area (Å²) < 4.78 is 5.58. The number of aliphatic hydroxyl groups is 1. The number of nitrogens with zero attached hydrogens (tertiary/aromatic N) is 3. The molecule has 19 heavy (non-hydrogen) atoms. The molecule has 0 spiro atoms. The lowest BCUT2D eigenvalue weighted by Gasteiger charge is -2.11. The van der Waals surface area contributed by atoms with Crippen LogP contribution in [0.25, 0.3) is 0 Å². The molecule has 2 heterocycles. The molecule has 2 rings (SSSR count). The summed E-state index contributed by atoms with van der Waals surface area (Å²) in [7, 11) is 0. The molecule has 0 fully saturated rings. The van der Waals surface area contributed by atoms with Crippen LogP contribution in [0.4, 0.5) is 0 Å². The van der Waals surface area contributed by atoms with E-state index in [0.29, 0.717) is 28.0 Å². The van der Waals surface area contributed by atoms with E-state index >= 15 is 0 Å². The Bertz CT molecular complexity index is 576. The van der Waals surface area contributed by atoms with Gasteiger partial charge in [0, 0.05) is 18.2 Å². The summed E-state index contributed by atoms with van der Waals surface area (Å²) in [6.45, 7) is 3.75. The molecule has 5 nitrogen and oxygen atoms in total. The zero-order valence-electron chi connectivity index (χ0n) is 10.7. The number of hydrogen-bond acceptors (Lipinski definition) is 5. The second kappa shape index (κ2) is 5.95. The first-order valence-corrected chi connectivity index (χ1v) is 6.23.